The van der Waals surface area contributed by atoms with E-state index in [9.17, 15) is 9.18 Å². The van der Waals surface area contributed by atoms with Gasteiger partial charge in [0.2, 0.25) is 0 Å². The summed E-state index contributed by atoms with van der Waals surface area (Å²) in [7, 11) is 0. The van der Waals surface area contributed by atoms with Crippen molar-refractivity contribution in [3.8, 4) is 11.5 Å². The van der Waals surface area contributed by atoms with Crippen LogP contribution in [0.15, 0.2) is 77.7 Å². The van der Waals surface area contributed by atoms with E-state index in [2.05, 4.69) is 0 Å². The third kappa shape index (κ3) is 6.13. The van der Waals surface area contributed by atoms with Gasteiger partial charge < -0.3 is 9.47 Å². The van der Waals surface area contributed by atoms with Crippen LogP contribution >= 0.6 is 35.6 Å². The smallest absolute Gasteiger partial charge is 0.270 e. The number of ether oxygens (including phenoxy) is 2. The lowest BCUT2D eigenvalue weighted by Crippen LogP contribution is -2.27. The average molecular weight is 500 g/mol. The van der Waals surface area contributed by atoms with Gasteiger partial charge in [0, 0.05) is 11.4 Å². The Labute approximate surface area is 206 Å². The molecule has 0 saturated carbocycles. The number of carbonyl (C=O) groups is 1. The van der Waals surface area contributed by atoms with E-state index < -0.39 is 0 Å². The van der Waals surface area contributed by atoms with Crippen LogP contribution in [-0.4, -0.2) is 23.4 Å². The minimum Gasteiger partial charge on any atom is -0.493 e. The molecule has 1 aliphatic heterocycles. The van der Waals surface area contributed by atoms with E-state index >= 15 is 0 Å². The Hall–Kier alpha value is -2.87. The highest BCUT2D eigenvalue weighted by Gasteiger charge is 2.33. The first kappa shape index (κ1) is 23.3. The number of hydrogen-bond acceptors (Lipinski definition) is 5. The van der Waals surface area contributed by atoms with Gasteiger partial charge in [-0.3, -0.25) is 9.69 Å². The quantitative estimate of drug-likeness (QED) is 0.195. The van der Waals surface area contributed by atoms with Gasteiger partial charge in [-0.05, 0) is 72.3 Å². The summed E-state index contributed by atoms with van der Waals surface area (Å²) in [6.07, 6.45) is 2.49. The maximum atomic E-state index is 13.2. The monoisotopic (exact) mass is 499 g/mol. The molecule has 0 bridgehead atoms. The lowest BCUT2D eigenvalue weighted by molar-refractivity contribution is -0.113. The van der Waals surface area contributed by atoms with Gasteiger partial charge in [0.25, 0.3) is 5.91 Å². The summed E-state index contributed by atoms with van der Waals surface area (Å²) in [5.74, 6) is 0.860. The van der Waals surface area contributed by atoms with E-state index in [4.69, 9.17) is 33.3 Å². The van der Waals surface area contributed by atoms with E-state index in [1.165, 1.54) is 40.9 Å². The van der Waals surface area contributed by atoms with E-state index in [1.807, 2.05) is 36.4 Å². The number of benzene rings is 3. The fourth-order valence-corrected chi connectivity index (χ4v) is 4.52. The molecular formula is C25H19ClFNO3S2. The van der Waals surface area contributed by atoms with E-state index in [0.29, 0.717) is 45.3 Å². The molecule has 4 nitrogen and oxygen atoms in total. The molecule has 0 atom stereocenters. The number of rotatable bonds is 8. The topological polar surface area (TPSA) is 38.8 Å². The van der Waals surface area contributed by atoms with Crippen LogP contribution in [0.5, 0.6) is 11.5 Å². The van der Waals surface area contributed by atoms with Gasteiger partial charge in [-0.15, -0.1) is 0 Å². The zero-order valence-electron chi connectivity index (χ0n) is 17.4. The zero-order valence-corrected chi connectivity index (χ0v) is 19.8. The maximum absolute atomic E-state index is 13.2. The van der Waals surface area contributed by atoms with Crippen molar-refractivity contribution in [3.05, 3.63) is 94.1 Å². The zero-order chi connectivity index (χ0) is 23.2. The Kier molecular flexibility index (Phi) is 7.65. The normalized spacial score (nSPS) is 14.7. The predicted molar refractivity (Wildman–Crippen MR) is 136 cm³/mol. The summed E-state index contributed by atoms with van der Waals surface area (Å²) in [6.45, 7) is 1.01. The molecule has 0 spiro atoms. The molecule has 8 heteroatoms. The molecule has 0 aromatic heterocycles. The van der Waals surface area contributed by atoms with Gasteiger partial charge >= 0.3 is 0 Å². The van der Waals surface area contributed by atoms with E-state index in [-0.39, 0.29) is 11.7 Å². The highest BCUT2D eigenvalue weighted by Crippen LogP contribution is 2.36. The number of carbonyl (C=O) groups excluding carboxylic acids is 1. The predicted octanol–water partition coefficient (Wildman–Crippen LogP) is 6.73. The Morgan fingerprint density at radius 3 is 2.39 bits per heavy atom. The molecule has 4 rings (SSSR count). The molecule has 1 saturated heterocycles. The van der Waals surface area contributed by atoms with Gasteiger partial charge in [-0.25, -0.2) is 4.39 Å². The fourth-order valence-electron chi connectivity index (χ4n) is 3.10. The summed E-state index contributed by atoms with van der Waals surface area (Å²) in [6, 6.07) is 20.4. The van der Waals surface area contributed by atoms with Crippen molar-refractivity contribution in [1.82, 2.24) is 0 Å². The highest BCUT2D eigenvalue weighted by atomic mass is 35.5. The number of anilines is 1. The summed E-state index contributed by atoms with van der Waals surface area (Å²) < 4.78 is 25.1. The summed E-state index contributed by atoms with van der Waals surface area (Å²) in [5, 5.41) is 0.670. The highest BCUT2D eigenvalue weighted by molar-refractivity contribution is 8.27. The van der Waals surface area contributed by atoms with Gasteiger partial charge in [0.15, 0.2) is 4.32 Å². The van der Waals surface area contributed by atoms with Crippen LogP contribution in [0.3, 0.4) is 0 Å². The van der Waals surface area contributed by atoms with Crippen molar-refractivity contribution >= 4 is 57.6 Å². The number of thioether (sulfide) groups is 1. The van der Waals surface area contributed by atoms with Crippen molar-refractivity contribution in [2.75, 3.05) is 18.1 Å². The molecule has 0 N–H and O–H groups in total. The summed E-state index contributed by atoms with van der Waals surface area (Å²) >= 11 is 12.4. The molecule has 168 valence electrons. The first-order chi connectivity index (χ1) is 16.0. The van der Waals surface area contributed by atoms with Crippen LogP contribution < -0.4 is 14.4 Å². The Morgan fingerprint density at radius 2 is 1.67 bits per heavy atom. The van der Waals surface area contributed by atoms with E-state index in [0.717, 1.165) is 11.3 Å². The van der Waals surface area contributed by atoms with Gasteiger partial charge in [0.1, 0.15) is 17.3 Å². The average Bonchev–Trinajstić information content (AvgIpc) is 3.08. The van der Waals surface area contributed by atoms with Gasteiger partial charge in [-0.1, -0.05) is 47.7 Å². The second kappa shape index (κ2) is 10.8. The largest absolute Gasteiger partial charge is 0.493 e. The first-order valence-electron chi connectivity index (χ1n) is 10.1. The van der Waals surface area contributed by atoms with Crippen molar-refractivity contribution in [1.29, 1.82) is 0 Å². The molecule has 33 heavy (non-hydrogen) atoms. The lowest BCUT2D eigenvalue weighted by Gasteiger charge is -2.14. The number of thiocarbonyl (C=S) groups is 1. The molecular weight excluding hydrogens is 481 g/mol. The van der Waals surface area contributed by atoms with Gasteiger partial charge in [0.05, 0.1) is 23.8 Å². The molecule has 1 aliphatic rings. The molecule has 0 aliphatic carbocycles. The van der Waals surface area contributed by atoms with Crippen molar-refractivity contribution in [2.45, 2.75) is 6.42 Å². The minimum absolute atomic E-state index is 0.234. The van der Waals surface area contributed by atoms with Crippen molar-refractivity contribution in [2.24, 2.45) is 0 Å². The summed E-state index contributed by atoms with van der Waals surface area (Å²) in [4.78, 5) is 14.8. The third-order valence-electron chi connectivity index (χ3n) is 4.67. The van der Waals surface area contributed by atoms with Crippen LogP contribution in [-0.2, 0) is 4.79 Å². The van der Waals surface area contributed by atoms with Crippen molar-refractivity contribution in [3.63, 3.8) is 0 Å². The van der Waals surface area contributed by atoms with Crippen LogP contribution in [0, 0.1) is 5.82 Å². The number of hydrogen-bond donors (Lipinski definition) is 0. The standard InChI is InChI=1S/C25H19ClFNO3S2/c26-18-5-11-21(12-6-18)30-13-2-14-31-22-4-1-3-17(15-22)16-23-24(29)28(25(32)33-23)20-9-7-19(27)8-10-20/h1,3-12,15-16H,2,13-14H2/b23-16-. The minimum atomic E-state index is -0.368. The molecule has 1 fully saturated rings. The van der Waals surface area contributed by atoms with E-state index in [1.54, 1.807) is 18.2 Å². The second-order valence-electron chi connectivity index (χ2n) is 7.07. The van der Waals surface area contributed by atoms with Gasteiger partial charge in [-0.2, -0.15) is 0 Å². The van der Waals surface area contributed by atoms with Crippen LogP contribution in [0.2, 0.25) is 5.02 Å². The Morgan fingerprint density at radius 1 is 0.970 bits per heavy atom. The summed E-state index contributed by atoms with van der Waals surface area (Å²) in [5.41, 5.74) is 1.37. The number of amides is 1. The second-order valence-corrected chi connectivity index (χ2v) is 9.18. The molecule has 3 aromatic rings. The Balaban J connectivity index is 1.33. The molecule has 3 aromatic carbocycles. The van der Waals surface area contributed by atoms with Crippen molar-refractivity contribution < 1.29 is 18.7 Å². The maximum Gasteiger partial charge on any atom is 0.270 e. The Bertz CT molecular complexity index is 1180. The molecule has 0 unspecified atom stereocenters. The molecule has 0 radical (unpaired) electrons. The number of halogens is 2. The molecule has 1 heterocycles. The van der Waals surface area contributed by atoms with Crippen LogP contribution in [0.1, 0.15) is 12.0 Å². The SMILES string of the molecule is O=C1/C(=C/c2cccc(OCCCOc3ccc(Cl)cc3)c2)SC(=S)N1c1ccc(F)cc1. The first-order valence-corrected chi connectivity index (χ1v) is 11.7. The van der Waals surface area contributed by atoms with Crippen LogP contribution in [0.4, 0.5) is 10.1 Å². The lowest BCUT2D eigenvalue weighted by atomic mass is 10.2. The number of nitrogens with zero attached hydrogens (tertiary/aromatic N) is 1. The van der Waals surface area contributed by atoms with Crippen LogP contribution in [0.25, 0.3) is 6.08 Å². The third-order valence-corrected chi connectivity index (χ3v) is 6.23. The molecule has 1 amide bonds. The fraction of sp³-hybridized carbons (Fsp3) is 0.120.